The molecule has 2 aromatic rings. The maximum atomic E-state index is 12.2. The standard InChI is InChI=1S/C23H30N6O6/c24-14-13-23(25,11-1-15-26-21(30)17-3-7-19(8-4-17)28(32)33)12-2-16-27-22(31)18-5-9-20(10-6-18)29(34)35/h3-10H,1-2,11-16,24-25H2,(H,26,30)(H,27,31). The van der Waals surface area contributed by atoms with E-state index in [0.717, 1.165) is 0 Å². The lowest BCUT2D eigenvalue weighted by Gasteiger charge is -2.29. The van der Waals surface area contributed by atoms with Gasteiger partial charge in [0.05, 0.1) is 9.85 Å². The molecule has 0 spiro atoms. The third-order valence-electron chi connectivity index (χ3n) is 5.60. The van der Waals surface area contributed by atoms with Gasteiger partial charge in [0.1, 0.15) is 0 Å². The zero-order valence-corrected chi connectivity index (χ0v) is 19.3. The van der Waals surface area contributed by atoms with Crippen LogP contribution in [0.15, 0.2) is 48.5 Å². The number of nitrogens with zero attached hydrogens (tertiary/aromatic N) is 2. The third kappa shape index (κ3) is 8.76. The second-order valence-electron chi connectivity index (χ2n) is 8.23. The molecule has 0 aromatic heterocycles. The molecule has 2 rings (SSSR count). The third-order valence-corrected chi connectivity index (χ3v) is 5.60. The summed E-state index contributed by atoms with van der Waals surface area (Å²) in [7, 11) is 0. The van der Waals surface area contributed by atoms with Crippen LogP contribution in [0.1, 0.15) is 52.8 Å². The van der Waals surface area contributed by atoms with E-state index in [2.05, 4.69) is 10.6 Å². The molecule has 0 radical (unpaired) electrons. The van der Waals surface area contributed by atoms with Crippen LogP contribution >= 0.6 is 0 Å². The van der Waals surface area contributed by atoms with Crippen LogP contribution < -0.4 is 22.1 Å². The van der Waals surface area contributed by atoms with Gasteiger partial charge < -0.3 is 22.1 Å². The number of amides is 2. The first-order valence-electron chi connectivity index (χ1n) is 11.2. The molecule has 188 valence electrons. The molecular weight excluding hydrogens is 456 g/mol. The Kier molecular flexibility index (Phi) is 10.2. The summed E-state index contributed by atoms with van der Waals surface area (Å²) in [5, 5.41) is 27.0. The van der Waals surface area contributed by atoms with E-state index in [-0.39, 0.29) is 23.2 Å². The number of benzene rings is 2. The smallest absolute Gasteiger partial charge is 0.269 e. The normalized spacial score (nSPS) is 11.0. The lowest BCUT2D eigenvalue weighted by molar-refractivity contribution is -0.385. The summed E-state index contributed by atoms with van der Waals surface area (Å²) >= 11 is 0. The number of nitro groups is 2. The first-order valence-corrected chi connectivity index (χ1v) is 11.2. The van der Waals surface area contributed by atoms with Crippen LogP contribution in [0.2, 0.25) is 0 Å². The van der Waals surface area contributed by atoms with Crippen LogP contribution in [0.25, 0.3) is 0 Å². The monoisotopic (exact) mass is 486 g/mol. The number of carbonyl (C=O) groups is 2. The Balaban J connectivity index is 1.74. The topological polar surface area (TPSA) is 197 Å². The summed E-state index contributed by atoms with van der Waals surface area (Å²) in [6.07, 6.45) is 3.04. The maximum absolute atomic E-state index is 12.2. The molecule has 35 heavy (non-hydrogen) atoms. The first-order chi connectivity index (χ1) is 16.6. The molecule has 12 nitrogen and oxygen atoms in total. The Labute approximate surface area is 202 Å². The van der Waals surface area contributed by atoms with E-state index >= 15 is 0 Å². The lowest BCUT2D eigenvalue weighted by Crippen LogP contribution is -2.43. The van der Waals surface area contributed by atoms with Gasteiger partial charge in [-0.05, 0) is 62.9 Å². The average Bonchev–Trinajstić information content (AvgIpc) is 2.84. The molecule has 0 unspecified atom stereocenters. The number of nitrogens with one attached hydrogen (secondary N) is 2. The average molecular weight is 487 g/mol. The molecule has 0 aliphatic carbocycles. The molecule has 12 heteroatoms. The van der Waals surface area contributed by atoms with Crippen molar-refractivity contribution in [1.29, 1.82) is 0 Å². The molecule has 6 N–H and O–H groups in total. The summed E-state index contributed by atoms with van der Waals surface area (Å²) < 4.78 is 0. The van der Waals surface area contributed by atoms with Crippen molar-refractivity contribution in [3.63, 3.8) is 0 Å². The largest absolute Gasteiger partial charge is 0.352 e. The Hall–Kier alpha value is -3.90. The molecule has 0 fully saturated rings. The molecule has 0 aliphatic heterocycles. The van der Waals surface area contributed by atoms with Crippen LogP contribution in [0.4, 0.5) is 11.4 Å². The number of nitro benzene ring substituents is 2. The van der Waals surface area contributed by atoms with Crippen LogP contribution in [-0.2, 0) is 0 Å². The van der Waals surface area contributed by atoms with E-state index in [4.69, 9.17) is 11.5 Å². The van der Waals surface area contributed by atoms with E-state index in [1.807, 2.05) is 0 Å². The fourth-order valence-corrected chi connectivity index (χ4v) is 3.62. The van der Waals surface area contributed by atoms with Gasteiger partial charge in [-0.25, -0.2) is 0 Å². The highest BCUT2D eigenvalue weighted by Gasteiger charge is 2.23. The number of non-ortho nitro benzene ring substituents is 2. The second kappa shape index (κ2) is 13.1. The highest BCUT2D eigenvalue weighted by atomic mass is 16.6. The molecular formula is C23H30N6O6. The summed E-state index contributed by atoms with van der Waals surface area (Å²) in [6, 6.07) is 10.7. The fourth-order valence-electron chi connectivity index (χ4n) is 3.62. The minimum atomic E-state index is -0.551. The van der Waals surface area contributed by atoms with Gasteiger partial charge in [-0.3, -0.25) is 29.8 Å². The van der Waals surface area contributed by atoms with Crippen molar-refractivity contribution in [1.82, 2.24) is 10.6 Å². The zero-order valence-electron chi connectivity index (χ0n) is 19.3. The predicted molar refractivity (Wildman–Crippen MR) is 130 cm³/mol. The van der Waals surface area contributed by atoms with Crippen LogP contribution in [0, 0.1) is 20.2 Å². The maximum Gasteiger partial charge on any atom is 0.269 e. The minimum absolute atomic E-state index is 0.0832. The van der Waals surface area contributed by atoms with Crippen LogP contribution in [0.5, 0.6) is 0 Å². The number of nitrogens with two attached hydrogens (primary N) is 2. The van der Waals surface area contributed by atoms with Gasteiger partial charge in [-0.15, -0.1) is 0 Å². The first kappa shape index (κ1) is 27.3. The minimum Gasteiger partial charge on any atom is -0.352 e. The summed E-state index contributed by atoms with van der Waals surface area (Å²) in [5.41, 5.74) is 12.2. The highest BCUT2D eigenvalue weighted by molar-refractivity contribution is 5.94. The van der Waals surface area contributed by atoms with E-state index in [9.17, 15) is 29.8 Å². The Morgan fingerprint density at radius 1 is 0.743 bits per heavy atom. The van der Waals surface area contributed by atoms with Gasteiger partial charge in [0.25, 0.3) is 23.2 Å². The highest BCUT2D eigenvalue weighted by Crippen LogP contribution is 2.20. The van der Waals surface area contributed by atoms with E-state index < -0.39 is 15.4 Å². The van der Waals surface area contributed by atoms with Crippen LogP contribution in [0.3, 0.4) is 0 Å². The molecule has 0 saturated carbocycles. The second-order valence-corrected chi connectivity index (χ2v) is 8.23. The number of carbonyl (C=O) groups excluding carboxylic acids is 2. The van der Waals surface area contributed by atoms with E-state index in [1.165, 1.54) is 48.5 Å². The van der Waals surface area contributed by atoms with Gasteiger partial charge >= 0.3 is 0 Å². The Morgan fingerprint density at radius 2 is 1.11 bits per heavy atom. The molecule has 0 atom stereocenters. The fraction of sp³-hybridized carbons (Fsp3) is 0.391. The van der Waals surface area contributed by atoms with E-state index in [1.54, 1.807) is 0 Å². The summed E-state index contributed by atoms with van der Waals surface area (Å²) in [5.74, 6) is -0.648. The molecule has 2 aromatic carbocycles. The van der Waals surface area contributed by atoms with Crippen molar-refractivity contribution in [3.8, 4) is 0 Å². The van der Waals surface area contributed by atoms with Crippen molar-refractivity contribution in [2.24, 2.45) is 11.5 Å². The van der Waals surface area contributed by atoms with E-state index in [0.29, 0.717) is 62.9 Å². The van der Waals surface area contributed by atoms with Crippen molar-refractivity contribution in [2.45, 2.75) is 37.6 Å². The van der Waals surface area contributed by atoms with Gasteiger partial charge in [-0.1, -0.05) is 0 Å². The van der Waals surface area contributed by atoms with Crippen molar-refractivity contribution in [2.75, 3.05) is 19.6 Å². The molecule has 0 heterocycles. The Bertz CT molecular complexity index is 948. The number of rotatable bonds is 14. The SMILES string of the molecule is NCCC(N)(CCCNC(=O)c1ccc([N+](=O)[O-])cc1)CCCNC(=O)c1ccc([N+](=O)[O-])cc1. The quantitative estimate of drug-likeness (QED) is 0.177. The summed E-state index contributed by atoms with van der Waals surface area (Å²) in [4.78, 5) is 44.8. The molecule has 0 bridgehead atoms. The van der Waals surface area contributed by atoms with Gasteiger partial charge in [0.2, 0.25) is 0 Å². The van der Waals surface area contributed by atoms with Crippen molar-refractivity contribution in [3.05, 3.63) is 79.9 Å². The molecule has 0 aliphatic rings. The van der Waals surface area contributed by atoms with Crippen molar-refractivity contribution < 1.29 is 19.4 Å². The van der Waals surface area contributed by atoms with Gasteiger partial charge in [0, 0.05) is 54.0 Å². The summed E-state index contributed by atoms with van der Waals surface area (Å²) in [6.45, 7) is 1.17. The number of hydrogen-bond acceptors (Lipinski definition) is 8. The van der Waals surface area contributed by atoms with Crippen molar-refractivity contribution >= 4 is 23.2 Å². The number of hydrogen-bond donors (Lipinski definition) is 4. The zero-order chi connectivity index (χ0) is 25.8. The van der Waals surface area contributed by atoms with Crippen LogP contribution in [-0.4, -0.2) is 46.8 Å². The molecule has 2 amide bonds. The Morgan fingerprint density at radius 3 is 1.43 bits per heavy atom. The molecule has 0 saturated heterocycles. The predicted octanol–water partition coefficient (Wildman–Crippen LogP) is 2.27. The van der Waals surface area contributed by atoms with Gasteiger partial charge in [0.15, 0.2) is 0 Å². The lowest BCUT2D eigenvalue weighted by atomic mass is 9.86. The van der Waals surface area contributed by atoms with Gasteiger partial charge in [-0.2, -0.15) is 0 Å².